The van der Waals surface area contributed by atoms with Gasteiger partial charge < -0.3 is 14.8 Å². The molecular formula is C17H22N2O7. The lowest BCUT2D eigenvalue weighted by Crippen LogP contribution is -2.42. The van der Waals surface area contributed by atoms with Crippen LogP contribution in [0.15, 0.2) is 24.3 Å². The molecule has 0 fully saturated rings. The van der Waals surface area contributed by atoms with E-state index in [1.165, 1.54) is 18.2 Å². The van der Waals surface area contributed by atoms with Crippen molar-refractivity contribution in [2.75, 3.05) is 7.11 Å². The Morgan fingerprint density at radius 1 is 1.27 bits per heavy atom. The molecule has 0 saturated carbocycles. The van der Waals surface area contributed by atoms with Gasteiger partial charge in [-0.1, -0.05) is 6.07 Å². The number of nitrogens with one attached hydrogen (secondary N) is 1. The lowest BCUT2D eigenvalue weighted by molar-refractivity contribution is -0.384. The van der Waals surface area contributed by atoms with E-state index in [0.717, 1.165) is 13.2 Å². The fourth-order valence-corrected chi connectivity index (χ4v) is 2.05. The molecule has 1 N–H and O–H groups in total. The molecule has 9 nitrogen and oxygen atoms in total. The summed E-state index contributed by atoms with van der Waals surface area (Å²) < 4.78 is 9.78. The second kappa shape index (κ2) is 8.93. The number of hydrogen-bond acceptors (Lipinski definition) is 7. The van der Waals surface area contributed by atoms with Crippen LogP contribution in [0, 0.1) is 10.1 Å². The van der Waals surface area contributed by atoms with E-state index in [0.29, 0.717) is 0 Å². The van der Waals surface area contributed by atoms with Gasteiger partial charge in [0.1, 0.15) is 11.6 Å². The van der Waals surface area contributed by atoms with Crippen LogP contribution in [0.1, 0.15) is 44.0 Å². The van der Waals surface area contributed by atoms with Crippen LogP contribution in [-0.4, -0.2) is 41.5 Å². The number of nitro benzene ring substituents is 1. The molecule has 1 aromatic carbocycles. The molecule has 1 rings (SSSR count). The van der Waals surface area contributed by atoms with Crippen molar-refractivity contribution < 1.29 is 28.8 Å². The average Bonchev–Trinajstić information content (AvgIpc) is 2.56. The van der Waals surface area contributed by atoms with Gasteiger partial charge in [-0.25, -0.2) is 4.79 Å². The molecule has 26 heavy (non-hydrogen) atoms. The zero-order valence-electron chi connectivity index (χ0n) is 15.1. The minimum atomic E-state index is -1.08. The Bertz CT molecular complexity index is 695. The van der Waals surface area contributed by atoms with E-state index >= 15 is 0 Å². The molecule has 142 valence electrons. The van der Waals surface area contributed by atoms with Gasteiger partial charge in [-0.15, -0.1) is 0 Å². The van der Waals surface area contributed by atoms with Crippen molar-refractivity contribution in [1.29, 1.82) is 0 Å². The first-order chi connectivity index (χ1) is 12.0. The Kier molecular flexibility index (Phi) is 7.24. The van der Waals surface area contributed by atoms with Crippen molar-refractivity contribution in [3.05, 3.63) is 39.9 Å². The van der Waals surface area contributed by atoms with Gasteiger partial charge in [0.2, 0.25) is 0 Å². The van der Waals surface area contributed by atoms with Crippen LogP contribution >= 0.6 is 0 Å². The normalized spacial score (nSPS) is 12.0. The van der Waals surface area contributed by atoms with Gasteiger partial charge in [0.15, 0.2) is 0 Å². The van der Waals surface area contributed by atoms with Gasteiger partial charge in [-0.05, 0) is 33.3 Å². The number of benzene rings is 1. The number of methoxy groups -OCH3 is 1. The van der Waals surface area contributed by atoms with Crippen LogP contribution in [0.3, 0.4) is 0 Å². The fourth-order valence-electron chi connectivity index (χ4n) is 2.05. The SMILES string of the molecule is COC(=O)[C@H](CCC(=O)OC(C)(C)C)NC(=O)c1cccc([N+](=O)[O-])c1. The summed E-state index contributed by atoms with van der Waals surface area (Å²) >= 11 is 0. The first kappa shape index (κ1) is 21.1. The quantitative estimate of drug-likeness (QED) is 0.444. The first-order valence-electron chi connectivity index (χ1n) is 7.88. The fraction of sp³-hybridized carbons (Fsp3) is 0.471. The Morgan fingerprint density at radius 2 is 1.92 bits per heavy atom. The maximum Gasteiger partial charge on any atom is 0.328 e. The monoisotopic (exact) mass is 366 g/mol. The first-order valence-corrected chi connectivity index (χ1v) is 7.88. The molecule has 0 aliphatic heterocycles. The summed E-state index contributed by atoms with van der Waals surface area (Å²) in [6, 6.07) is 4.00. The Labute approximate surface area is 150 Å². The largest absolute Gasteiger partial charge is 0.467 e. The lowest BCUT2D eigenvalue weighted by atomic mass is 10.1. The number of hydrogen-bond donors (Lipinski definition) is 1. The molecule has 0 aliphatic rings. The van der Waals surface area contributed by atoms with Gasteiger partial charge in [0.05, 0.1) is 12.0 Å². The molecular weight excluding hydrogens is 344 g/mol. The lowest BCUT2D eigenvalue weighted by Gasteiger charge is -2.21. The zero-order valence-corrected chi connectivity index (χ0v) is 15.1. The number of carbonyl (C=O) groups is 3. The zero-order chi connectivity index (χ0) is 19.9. The van der Waals surface area contributed by atoms with Crippen molar-refractivity contribution in [1.82, 2.24) is 5.32 Å². The standard InChI is InChI=1S/C17H22N2O7/c1-17(2,3)26-14(20)9-8-13(16(22)25-4)18-15(21)11-6-5-7-12(10-11)19(23)24/h5-7,10,13H,8-9H2,1-4H3,(H,18,21)/t13-/m0/s1. The highest BCUT2D eigenvalue weighted by atomic mass is 16.6. The molecule has 1 amide bonds. The highest BCUT2D eigenvalue weighted by Gasteiger charge is 2.25. The predicted octanol–water partition coefficient (Wildman–Crippen LogP) is 1.99. The van der Waals surface area contributed by atoms with Crippen molar-refractivity contribution >= 4 is 23.5 Å². The predicted molar refractivity (Wildman–Crippen MR) is 91.4 cm³/mol. The third-order valence-electron chi connectivity index (χ3n) is 3.17. The van der Waals surface area contributed by atoms with Crippen LogP contribution in [-0.2, 0) is 19.1 Å². The molecule has 0 aliphatic carbocycles. The van der Waals surface area contributed by atoms with Crippen molar-refractivity contribution in [2.24, 2.45) is 0 Å². The van der Waals surface area contributed by atoms with E-state index in [4.69, 9.17) is 4.74 Å². The highest BCUT2D eigenvalue weighted by Crippen LogP contribution is 2.14. The van der Waals surface area contributed by atoms with E-state index in [1.54, 1.807) is 20.8 Å². The van der Waals surface area contributed by atoms with Crippen molar-refractivity contribution in [3.63, 3.8) is 0 Å². The molecule has 0 heterocycles. The molecule has 0 spiro atoms. The molecule has 9 heteroatoms. The van der Waals surface area contributed by atoms with Crippen molar-refractivity contribution in [3.8, 4) is 0 Å². The topological polar surface area (TPSA) is 125 Å². The minimum Gasteiger partial charge on any atom is -0.467 e. The van der Waals surface area contributed by atoms with Gasteiger partial charge in [-0.2, -0.15) is 0 Å². The summed E-state index contributed by atoms with van der Waals surface area (Å²) in [6.07, 6.45) is -0.130. The number of rotatable bonds is 7. The average molecular weight is 366 g/mol. The van der Waals surface area contributed by atoms with Crippen molar-refractivity contribution in [2.45, 2.75) is 45.3 Å². The van der Waals surface area contributed by atoms with Crippen LogP contribution in [0.4, 0.5) is 5.69 Å². The van der Waals surface area contributed by atoms with Gasteiger partial charge >= 0.3 is 11.9 Å². The van der Waals surface area contributed by atoms with E-state index in [2.05, 4.69) is 10.1 Å². The van der Waals surface area contributed by atoms with E-state index in [9.17, 15) is 24.5 Å². The molecule has 0 saturated heterocycles. The molecule has 1 atom stereocenters. The summed E-state index contributed by atoms with van der Waals surface area (Å²) in [5.41, 5.74) is -0.893. The molecule has 0 radical (unpaired) electrons. The summed E-state index contributed by atoms with van der Waals surface area (Å²) in [7, 11) is 1.16. The second-order valence-electron chi connectivity index (χ2n) is 6.48. The van der Waals surface area contributed by atoms with Crippen LogP contribution in [0.25, 0.3) is 0 Å². The highest BCUT2D eigenvalue weighted by molar-refractivity contribution is 5.97. The van der Waals surface area contributed by atoms with Gasteiger partial charge in [0, 0.05) is 24.1 Å². The van der Waals surface area contributed by atoms with Gasteiger partial charge in [-0.3, -0.25) is 19.7 Å². The number of carbonyl (C=O) groups excluding carboxylic acids is 3. The number of esters is 2. The minimum absolute atomic E-state index is 0.0189. The summed E-state index contributed by atoms with van der Waals surface area (Å²) in [5, 5.41) is 13.2. The third kappa shape index (κ3) is 6.88. The van der Waals surface area contributed by atoms with E-state index in [1.807, 2.05) is 0 Å². The maximum atomic E-state index is 12.3. The number of amides is 1. The Balaban J connectivity index is 2.80. The molecule has 1 aromatic rings. The third-order valence-corrected chi connectivity index (χ3v) is 3.17. The summed E-state index contributed by atoms with van der Waals surface area (Å²) in [5.74, 6) is -1.93. The summed E-state index contributed by atoms with van der Waals surface area (Å²) in [6.45, 7) is 5.15. The van der Waals surface area contributed by atoms with E-state index < -0.39 is 34.4 Å². The van der Waals surface area contributed by atoms with E-state index in [-0.39, 0.29) is 24.1 Å². The van der Waals surface area contributed by atoms with Crippen LogP contribution in [0.5, 0.6) is 0 Å². The number of nitro groups is 1. The van der Waals surface area contributed by atoms with Gasteiger partial charge in [0.25, 0.3) is 11.6 Å². The smallest absolute Gasteiger partial charge is 0.328 e. The molecule has 0 unspecified atom stereocenters. The maximum absolute atomic E-state index is 12.3. The molecule has 0 aromatic heterocycles. The number of nitrogens with zero attached hydrogens (tertiary/aromatic N) is 1. The Hall–Kier alpha value is -2.97. The van der Waals surface area contributed by atoms with Crippen LogP contribution in [0.2, 0.25) is 0 Å². The summed E-state index contributed by atoms with van der Waals surface area (Å²) in [4.78, 5) is 46.1. The van der Waals surface area contributed by atoms with Crippen LogP contribution < -0.4 is 5.32 Å². The number of ether oxygens (including phenoxy) is 2. The molecule has 0 bridgehead atoms. The second-order valence-corrected chi connectivity index (χ2v) is 6.48. The number of non-ortho nitro benzene ring substituents is 1. The Morgan fingerprint density at radius 3 is 2.46 bits per heavy atom.